The maximum atomic E-state index is 12.0. The highest BCUT2D eigenvalue weighted by Gasteiger charge is 2.28. The van der Waals surface area contributed by atoms with Crippen LogP contribution in [-0.2, 0) is 11.2 Å². The van der Waals surface area contributed by atoms with E-state index in [-0.39, 0.29) is 31.2 Å². The first-order chi connectivity index (χ1) is 9.31. The quantitative estimate of drug-likeness (QED) is 0.866. The van der Waals surface area contributed by atoms with Gasteiger partial charge in [-0.3, -0.25) is 4.79 Å². The van der Waals surface area contributed by atoms with Gasteiger partial charge in [-0.05, 0) is 17.7 Å². The smallest absolute Gasteiger partial charge is 0.422 e. The van der Waals surface area contributed by atoms with Crippen LogP contribution in [0.15, 0.2) is 24.3 Å². The first-order valence-electron chi connectivity index (χ1n) is 5.95. The molecule has 0 radical (unpaired) electrons. The van der Waals surface area contributed by atoms with Crippen LogP contribution in [0, 0.1) is 0 Å². The maximum absolute atomic E-state index is 12.0. The largest absolute Gasteiger partial charge is 0.484 e. The lowest BCUT2D eigenvalue weighted by atomic mass is 10.1. The minimum atomic E-state index is -4.40. The van der Waals surface area contributed by atoms with Gasteiger partial charge < -0.3 is 14.7 Å². The first-order valence-corrected chi connectivity index (χ1v) is 5.95. The van der Waals surface area contributed by atoms with E-state index in [4.69, 9.17) is 5.11 Å². The van der Waals surface area contributed by atoms with E-state index < -0.39 is 12.8 Å². The summed E-state index contributed by atoms with van der Waals surface area (Å²) in [4.78, 5) is 13.1. The number of likely N-dealkylation sites (N-methyl/N-ethyl adjacent to an activating group) is 1. The van der Waals surface area contributed by atoms with Gasteiger partial charge in [-0.25, -0.2) is 0 Å². The van der Waals surface area contributed by atoms with Gasteiger partial charge in [-0.1, -0.05) is 12.1 Å². The molecule has 1 N–H and O–H groups in total. The Balaban J connectivity index is 2.62. The number of carbonyl (C=O) groups is 1. The van der Waals surface area contributed by atoms with Gasteiger partial charge in [0.1, 0.15) is 5.75 Å². The molecule has 1 rings (SSSR count). The Morgan fingerprint density at radius 1 is 1.40 bits per heavy atom. The summed E-state index contributed by atoms with van der Waals surface area (Å²) >= 11 is 0. The molecule has 0 bridgehead atoms. The topological polar surface area (TPSA) is 49.8 Å². The van der Waals surface area contributed by atoms with Crippen LogP contribution < -0.4 is 4.74 Å². The predicted octanol–water partition coefficient (Wildman–Crippen LogP) is 1.62. The highest BCUT2D eigenvalue weighted by Crippen LogP contribution is 2.19. The van der Waals surface area contributed by atoms with Crippen molar-refractivity contribution in [3.05, 3.63) is 29.8 Å². The lowest BCUT2D eigenvalue weighted by Gasteiger charge is -2.16. The molecular weight excluding hydrogens is 275 g/mol. The molecule has 1 amide bonds. The molecule has 1 aromatic rings. The minimum Gasteiger partial charge on any atom is -0.484 e. The van der Waals surface area contributed by atoms with Crippen LogP contribution in [0.25, 0.3) is 0 Å². The van der Waals surface area contributed by atoms with E-state index in [1.807, 2.05) is 0 Å². The van der Waals surface area contributed by atoms with E-state index in [2.05, 4.69) is 4.74 Å². The average Bonchev–Trinajstić information content (AvgIpc) is 2.36. The number of hydrogen-bond donors (Lipinski definition) is 1. The van der Waals surface area contributed by atoms with Crippen molar-refractivity contribution in [1.82, 2.24) is 4.90 Å². The second-order valence-corrected chi connectivity index (χ2v) is 4.27. The van der Waals surface area contributed by atoms with E-state index in [1.54, 1.807) is 13.1 Å². The van der Waals surface area contributed by atoms with Crippen LogP contribution in [-0.4, -0.2) is 48.9 Å². The number of benzene rings is 1. The van der Waals surface area contributed by atoms with Crippen LogP contribution in [0.4, 0.5) is 13.2 Å². The van der Waals surface area contributed by atoms with Crippen molar-refractivity contribution in [2.45, 2.75) is 12.6 Å². The zero-order valence-electron chi connectivity index (χ0n) is 11.0. The molecule has 20 heavy (non-hydrogen) atoms. The second kappa shape index (κ2) is 7.14. The molecule has 4 nitrogen and oxygen atoms in total. The Kier molecular flexibility index (Phi) is 5.82. The molecule has 0 aliphatic rings. The lowest BCUT2D eigenvalue weighted by molar-refractivity contribution is -0.153. The third-order valence-corrected chi connectivity index (χ3v) is 2.52. The van der Waals surface area contributed by atoms with Crippen molar-refractivity contribution in [2.75, 3.05) is 26.8 Å². The molecule has 1 aromatic carbocycles. The van der Waals surface area contributed by atoms with Gasteiger partial charge in [0.25, 0.3) is 0 Å². The normalized spacial score (nSPS) is 11.2. The Morgan fingerprint density at radius 3 is 2.70 bits per heavy atom. The number of alkyl halides is 3. The predicted molar refractivity (Wildman–Crippen MR) is 66.4 cm³/mol. The number of rotatable bonds is 6. The van der Waals surface area contributed by atoms with Crippen molar-refractivity contribution >= 4 is 5.91 Å². The summed E-state index contributed by atoms with van der Waals surface area (Å²) in [6.07, 6.45) is -4.35. The fraction of sp³-hybridized carbons (Fsp3) is 0.462. The SMILES string of the molecule is CN(CCO)C(=O)Cc1cccc(OCC(F)(F)F)c1. The monoisotopic (exact) mass is 291 g/mol. The number of aliphatic hydroxyl groups excluding tert-OH is 1. The average molecular weight is 291 g/mol. The minimum absolute atomic E-state index is 0.0414. The van der Waals surface area contributed by atoms with E-state index in [1.165, 1.54) is 23.1 Å². The van der Waals surface area contributed by atoms with Gasteiger partial charge in [-0.15, -0.1) is 0 Å². The van der Waals surface area contributed by atoms with Crippen molar-refractivity contribution in [3.8, 4) is 5.75 Å². The third-order valence-electron chi connectivity index (χ3n) is 2.52. The summed E-state index contributed by atoms with van der Waals surface area (Å²) in [5.74, 6) is -0.163. The van der Waals surface area contributed by atoms with E-state index in [0.29, 0.717) is 5.56 Å². The van der Waals surface area contributed by atoms with Crippen molar-refractivity contribution in [3.63, 3.8) is 0 Å². The summed E-state index contributed by atoms with van der Waals surface area (Å²) in [5.41, 5.74) is 0.555. The van der Waals surface area contributed by atoms with Gasteiger partial charge >= 0.3 is 6.18 Å². The molecule has 0 fully saturated rings. The molecular formula is C13H16F3NO3. The van der Waals surface area contributed by atoms with Crippen LogP contribution in [0.1, 0.15) is 5.56 Å². The van der Waals surface area contributed by atoms with Crippen molar-refractivity contribution in [2.24, 2.45) is 0 Å². The Bertz CT molecular complexity index is 449. The number of ether oxygens (including phenoxy) is 1. The third kappa shape index (κ3) is 5.92. The number of hydrogen-bond acceptors (Lipinski definition) is 3. The van der Waals surface area contributed by atoms with Gasteiger partial charge in [-0.2, -0.15) is 13.2 Å². The van der Waals surface area contributed by atoms with Crippen LogP contribution in [0.5, 0.6) is 5.75 Å². The van der Waals surface area contributed by atoms with Crippen LogP contribution in [0.3, 0.4) is 0 Å². The van der Waals surface area contributed by atoms with Crippen molar-refractivity contribution < 1.29 is 27.8 Å². The zero-order valence-corrected chi connectivity index (χ0v) is 11.0. The fourth-order valence-electron chi connectivity index (χ4n) is 1.49. The molecule has 0 saturated heterocycles. The van der Waals surface area contributed by atoms with Gasteiger partial charge in [0.15, 0.2) is 6.61 Å². The zero-order chi connectivity index (χ0) is 15.2. The Labute approximate surface area is 114 Å². The first kappa shape index (κ1) is 16.3. The maximum Gasteiger partial charge on any atom is 0.422 e. The Hall–Kier alpha value is -1.76. The van der Waals surface area contributed by atoms with Crippen molar-refractivity contribution in [1.29, 1.82) is 0 Å². The van der Waals surface area contributed by atoms with E-state index >= 15 is 0 Å². The number of aliphatic hydroxyl groups is 1. The molecule has 0 aromatic heterocycles. The molecule has 0 aliphatic heterocycles. The molecule has 0 atom stereocenters. The molecule has 7 heteroatoms. The summed E-state index contributed by atoms with van der Waals surface area (Å²) in [7, 11) is 1.54. The molecule has 0 spiro atoms. The van der Waals surface area contributed by atoms with E-state index in [9.17, 15) is 18.0 Å². The molecule has 112 valence electrons. The van der Waals surface area contributed by atoms with Gasteiger partial charge in [0.2, 0.25) is 5.91 Å². The van der Waals surface area contributed by atoms with E-state index in [0.717, 1.165) is 0 Å². The molecule has 0 aliphatic carbocycles. The highest BCUT2D eigenvalue weighted by atomic mass is 19.4. The van der Waals surface area contributed by atoms with Crippen LogP contribution in [0.2, 0.25) is 0 Å². The molecule has 0 unspecified atom stereocenters. The summed E-state index contributed by atoms with van der Waals surface area (Å²) < 4.78 is 40.7. The number of amides is 1. The Morgan fingerprint density at radius 2 is 2.10 bits per heavy atom. The number of nitrogens with zero attached hydrogens (tertiary/aromatic N) is 1. The van der Waals surface area contributed by atoms with Crippen LogP contribution >= 0.6 is 0 Å². The van der Waals surface area contributed by atoms with Gasteiger partial charge in [0, 0.05) is 13.6 Å². The summed E-state index contributed by atoms with van der Waals surface area (Å²) in [6.45, 7) is -1.30. The second-order valence-electron chi connectivity index (χ2n) is 4.27. The standard InChI is InChI=1S/C13H16F3NO3/c1-17(5-6-18)12(19)8-10-3-2-4-11(7-10)20-9-13(14,15)16/h2-4,7,18H,5-6,8-9H2,1H3. The molecule has 0 saturated carbocycles. The summed E-state index contributed by atoms with van der Waals surface area (Å²) in [5, 5.41) is 8.72. The lowest BCUT2D eigenvalue weighted by Crippen LogP contribution is -2.30. The summed E-state index contributed by atoms with van der Waals surface area (Å²) in [6, 6.07) is 5.96. The molecule has 0 heterocycles. The number of halogens is 3. The van der Waals surface area contributed by atoms with Gasteiger partial charge in [0.05, 0.1) is 13.0 Å². The number of carbonyl (C=O) groups excluding carboxylic acids is 1. The fourth-order valence-corrected chi connectivity index (χ4v) is 1.49. The highest BCUT2D eigenvalue weighted by molar-refractivity contribution is 5.78.